The third-order valence-corrected chi connectivity index (χ3v) is 3.81. The zero-order valence-corrected chi connectivity index (χ0v) is 13.4. The van der Waals surface area contributed by atoms with Crippen LogP contribution in [0, 0.1) is 13.8 Å². The maximum atomic E-state index is 6.27. The second-order valence-electron chi connectivity index (χ2n) is 5.49. The van der Waals surface area contributed by atoms with Crippen LogP contribution in [0.15, 0.2) is 12.1 Å². The van der Waals surface area contributed by atoms with E-state index in [1.54, 1.807) is 0 Å². The highest BCUT2D eigenvalue weighted by atomic mass is 35.5. The molecule has 2 heteroatoms. The molecule has 1 rings (SSSR count). The van der Waals surface area contributed by atoms with Crippen molar-refractivity contribution in [2.45, 2.75) is 65.7 Å². The summed E-state index contributed by atoms with van der Waals surface area (Å²) in [6, 6.07) is 4.21. The molecular formula is C17H28ClN. The Kier molecular flexibility index (Phi) is 7.97. The Hall–Kier alpha value is -0.690. The number of halogens is 1. The first-order valence-corrected chi connectivity index (χ1v) is 8.03. The van der Waals surface area contributed by atoms with Crippen LogP contribution in [0.5, 0.6) is 0 Å². The Morgan fingerprint density at radius 1 is 0.947 bits per heavy atom. The Bertz CT molecular complexity index is 351. The van der Waals surface area contributed by atoms with Crippen molar-refractivity contribution in [3.05, 3.63) is 28.3 Å². The van der Waals surface area contributed by atoms with Crippen LogP contribution in [0.3, 0.4) is 0 Å². The predicted octanol–water partition coefficient (Wildman–Crippen LogP) is 6.12. The van der Waals surface area contributed by atoms with E-state index in [1.807, 2.05) is 6.07 Å². The number of anilines is 1. The molecule has 19 heavy (non-hydrogen) atoms. The Morgan fingerprint density at radius 2 is 1.58 bits per heavy atom. The molecule has 0 saturated heterocycles. The van der Waals surface area contributed by atoms with E-state index in [1.165, 1.54) is 56.1 Å². The van der Waals surface area contributed by atoms with E-state index in [0.29, 0.717) is 0 Å². The van der Waals surface area contributed by atoms with Gasteiger partial charge in [0.25, 0.3) is 0 Å². The van der Waals surface area contributed by atoms with Gasteiger partial charge in [-0.3, -0.25) is 0 Å². The monoisotopic (exact) mass is 281 g/mol. The lowest BCUT2D eigenvalue weighted by Crippen LogP contribution is -2.04. The van der Waals surface area contributed by atoms with Crippen molar-refractivity contribution in [1.82, 2.24) is 0 Å². The molecule has 1 nitrogen and oxygen atoms in total. The van der Waals surface area contributed by atoms with Crippen molar-refractivity contribution in [3.8, 4) is 0 Å². The van der Waals surface area contributed by atoms with E-state index < -0.39 is 0 Å². The van der Waals surface area contributed by atoms with Gasteiger partial charge in [0.2, 0.25) is 0 Å². The van der Waals surface area contributed by atoms with Crippen LogP contribution in [0.1, 0.15) is 63.0 Å². The quantitative estimate of drug-likeness (QED) is 0.538. The molecule has 0 heterocycles. The lowest BCUT2D eigenvalue weighted by molar-refractivity contribution is 0.596. The zero-order valence-electron chi connectivity index (χ0n) is 12.7. The van der Waals surface area contributed by atoms with E-state index in [-0.39, 0.29) is 0 Å². The molecule has 1 N–H and O–H groups in total. The van der Waals surface area contributed by atoms with Crippen LogP contribution in [0.2, 0.25) is 5.02 Å². The molecule has 0 aliphatic carbocycles. The maximum absolute atomic E-state index is 6.27. The van der Waals surface area contributed by atoms with Gasteiger partial charge in [-0.2, -0.15) is 0 Å². The van der Waals surface area contributed by atoms with E-state index in [4.69, 9.17) is 11.6 Å². The van der Waals surface area contributed by atoms with Crippen molar-refractivity contribution < 1.29 is 0 Å². The molecule has 0 bridgehead atoms. The first-order chi connectivity index (χ1) is 9.15. The standard InChI is InChI=1S/C17H28ClN/c1-4-5-6-7-8-9-10-11-19-17-15(3)12-14(2)13-16(17)18/h12-13,19H,4-11H2,1-3H3. The largest absolute Gasteiger partial charge is 0.384 e. The average molecular weight is 282 g/mol. The van der Waals surface area contributed by atoms with E-state index >= 15 is 0 Å². The second kappa shape index (κ2) is 9.25. The van der Waals surface area contributed by atoms with Gasteiger partial charge in [-0.05, 0) is 37.5 Å². The normalized spacial score (nSPS) is 10.7. The number of benzene rings is 1. The van der Waals surface area contributed by atoms with Gasteiger partial charge in [0.1, 0.15) is 0 Å². The van der Waals surface area contributed by atoms with Crippen molar-refractivity contribution in [2.75, 3.05) is 11.9 Å². The van der Waals surface area contributed by atoms with Gasteiger partial charge in [-0.25, -0.2) is 0 Å². The summed E-state index contributed by atoms with van der Waals surface area (Å²) in [4.78, 5) is 0. The molecule has 0 saturated carbocycles. The molecule has 0 aliphatic heterocycles. The summed E-state index contributed by atoms with van der Waals surface area (Å²) in [5.41, 5.74) is 3.58. The highest BCUT2D eigenvalue weighted by molar-refractivity contribution is 6.33. The highest BCUT2D eigenvalue weighted by Crippen LogP contribution is 2.27. The predicted molar refractivity (Wildman–Crippen MR) is 87.4 cm³/mol. The minimum absolute atomic E-state index is 0.848. The van der Waals surface area contributed by atoms with Gasteiger partial charge in [0, 0.05) is 6.54 Å². The van der Waals surface area contributed by atoms with Gasteiger partial charge in [-0.15, -0.1) is 0 Å². The number of nitrogens with one attached hydrogen (secondary N) is 1. The number of rotatable bonds is 9. The Labute approximate surface area is 123 Å². The van der Waals surface area contributed by atoms with Gasteiger partial charge in [0.15, 0.2) is 0 Å². The zero-order chi connectivity index (χ0) is 14.1. The fourth-order valence-electron chi connectivity index (χ4n) is 2.44. The minimum atomic E-state index is 0.848. The molecule has 0 spiro atoms. The third-order valence-electron chi connectivity index (χ3n) is 3.51. The molecule has 0 amide bonds. The number of hydrogen-bond donors (Lipinski definition) is 1. The second-order valence-corrected chi connectivity index (χ2v) is 5.89. The van der Waals surface area contributed by atoms with Crippen molar-refractivity contribution >= 4 is 17.3 Å². The number of aryl methyl sites for hydroxylation is 2. The van der Waals surface area contributed by atoms with E-state index in [2.05, 4.69) is 32.2 Å². The van der Waals surface area contributed by atoms with E-state index in [0.717, 1.165) is 17.3 Å². The maximum Gasteiger partial charge on any atom is 0.0642 e. The fraction of sp³-hybridized carbons (Fsp3) is 0.647. The van der Waals surface area contributed by atoms with Crippen LogP contribution < -0.4 is 5.32 Å². The smallest absolute Gasteiger partial charge is 0.0642 e. The number of hydrogen-bond acceptors (Lipinski definition) is 1. The first kappa shape index (κ1) is 16.4. The van der Waals surface area contributed by atoms with Gasteiger partial charge < -0.3 is 5.32 Å². The van der Waals surface area contributed by atoms with E-state index in [9.17, 15) is 0 Å². The fourth-order valence-corrected chi connectivity index (χ4v) is 2.82. The van der Waals surface area contributed by atoms with Crippen LogP contribution in [-0.2, 0) is 0 Å². The van der Waals surface area contributed by atoms with Crippen LogP contribution in [0.25, 0.3) is 0 Å². The molecular weight excluding hydrogens is 254 g/mol. The van der Waals surface area contributed by atoms with Crippen LogP contribution in [0.4, 0.5) is 5.69 Å². The summed E-state index contributed by atoms with van der Waals surface area (Å²) in [7, 11) is 0. The summed E-state index contributed by atoms with van der Waals surface area (Å²) in [5.74, 6) is 0. The lowest BCUT2D eigenvalue weighted by Gasteiger charge is -2.12. The molecule has 0 aliphatic rings. The summed E-state index contributed by atoms with van der Waals surface area (Å²) >= 11 is 6.27. The summed E-state index contributed by atoms with van der Waals surface area (Å²) < 4.78 is 0. The van der Waals surface area contributed by atoms with Gasteiger partial charge >= 0.3 is 0 Å². The Balaban J connectivity index is 2.19. The van der Waals surface area contributed by atoms with Crippen LogP contribution >= 0.6 is 11.6 Å². The summed E-state index contributed by atoms with van der Waals surface area (Å²) in [5, 5.41) is 4.33. The summed E-state index contributed by atoms with van der Waals surface area (Å²) in [6.45, 7) is 7.49. The molecule has 0 aromatic heterocycles. The number of unbranched alkanes of at least 4 members (excludes halogenated alkanes) is 6. The average Bonchev–Trinajstić information content (AvgIpc) is 2.35. The van der Waals surface area contributed by atoms with Gasteiger partial charge in [0.05, 0.1) is 10.7 Å². The molecule has 0 fully saturated rings. The van der Waals surface area contributed by atoms with Crippen LogP contribution in [-0.4, -0.2) is 6.54 Å². The highest BCUT2D eigenvalue weighted by Gasteiger charge is 2.04. The first-order valence-electron chi connectivity index (χ1n) is 7.65. The van der Waals surface area contributed by atoms with Gasteiger partial charge in [-0.1, -0.05) is 63.1 Å². The van der Waals surface area contributed by atoms with Crippen molar-refractivity contribution in [1.29, 1.82) is 0 Å². The van der Waals surface area contributed by atoms with Crippen molar-refractivity contribution in [3.63, 3.8) is 0 Å². The molecule has 1 aromatic carbocycles. The lowest BCUT2D eigenvalue weighted by atomic mass is 10.1. The molecule has 0 atom stereocenters. The minimum Gasteiger partial charge on any atom is -0.384 e. The summed E-state index contributed by atoms with van der Waals surface area (Å²) in [6.07, 6.45) is 9.41. The molecule has 0 unspecified atom stereocenters. The third kappa shape index (κ3) is 6.33. The Morgan fingerprint density at radius 3 is 2.21 bits per heavy atom. The molecule has 0 radical (unpaired) electrons. The molecule has 1 aromatic rings. The SMILES string of the molecule is CCCCCCCCCNc1c(C)cc(C)cc1Cl. The topological polar surface area (TPSA) is 12.0 Å². The van der Waals surface area contributed by atoms with Crippen molar-refractivity contribution in [2.24, 2.45) is 0 Å². The molecule has 108 valence electrons.